The van der Waals surface area contributed by atoms with Gasteiger partial charge < -0.3 is 14.2 Å². The van der Waals surface area contributed by atoms with E-state index in [0.717, 1.165) is 38.5 Å². The Balaban J connectivity index is 1.61. The third-order valence-corrected chi connectivity index (χ3v) is 9.75. The molecule has 4 aliphatic rings. The molecule has 1 amide bonds. The van der Waals surface area contributed by atoms with E-state index in [4.69, 9.17) is 14.2 Å². The van der Waals surface area contributed by atoms with Crippen molar-refractivity contribution in [1.82, 2.24) is 4.90 Å². The fourth-order valence-electron chi connectivity index (χ4n) is 7.56. The first-order valence-corrected chi connectivity index (χ1v) is 16.0. The van der Waals surface area contributed by atoms with E-state index in [1.807, 2.05) is 32.9 Å². The summed E-state index contributed by atoms with van der Waals surface area (Å²) in [5.41, 5.74) is -0.127. The number of nitrogens with zero attached hydrogens (tertiary/aromatic N) is 1. The molecule has 41 heavy (non-hydrogen) atoms. The fraction of sp³-hybridized carbons (Fsp3) is 0.794. The van der Waals surface area contributed by atoms with E-state index < -0.39 is 35.7 Å². The van der Waals surface area contributed by atoms with Crippen LogP contribution < -0.4 is 0 Å². The first kappa shape index (κ1) is 31.6. The number of esters is 2. The van der Waals surface area contributed by atoms with Crippen molar-refractivity contribution < 1.29 is 28.6 Å². The summed E-state index contributed by atoms with van der Waals surface area (Å²) in [6.45, 7) is 18.6. The number of fused-ring (bicyclic) bond motifs is 2. The van der Waals surface area contributed by atoms with Gasteiger partial charge in [0.15, 0.2) is 0 Å². The largest absolute Gasteiger partial charge is 0.462 e. The lowest BCUT2D eigenvalue weighted by molar-refractivity contribution is -0.160. The average molecular weight is 572 g/mol. The first-order chi connectivity index (χ1) is 19.2. The van der Waals surface area contributed by atoms with Gasteiger partial charge in [0.1, 0.15) is 23.7 Å². The molecular formula is C34H53NO6. The van der Waals surface area contributed by atoms with Gasteiger partial charge in [-0.15, -0.1) is 0 Å². The Bertz CT molecular complexity index is 1040. The van der Waals surface area contributed by atoms with E-state index in [1.54, 1.807) is 4.90 Å². The summed E-state index contributed by atoms with van der Waals surface area (Å²) in [6.07, 6.45) is 10.4. The summed E-state index contributed by atoms with van der Waals surface area (Å²) in [5, 5.41) is 0. The van der Waals surface area contributed by atoms with Crippen molar-refractivity contribution in [2.75, 3.05) is 0 Å². The van der Waals surface area contributed by atoms with E-state index >= 15 is 0 Å². The van der Waals surface area contributed by atoms with E-state index in [0.29, 0.717) is 41.1 Å². The Hall–Kier alpha value is -2.31. The second kappa shape index (κ2) is 12.5. The van der Waals surface area contributed by atoms with Crippen LogP contribution in [0.4, 0.5) is 4.79 Å². The van der Waals surface area contributed by atoms with Gasteiger partial charge in [-0.25, -0.2) is 9.59 Å². The van der Waals surface area contributed by atoms with Crippen LogP contribution in [0.3, 0.4) is 0 Å². The van der Waals surface area contributed by atoms with Crippen LogP contribution in [-0.2, 0) is 23.8 Å². The van der Waals surface area contributed by atoms with Gasteiger partial charge >= 0.3 is 18.0 Å². The number of ether oxygens (including phenoxy) is 3. The SMILES string of the molecule is CC(C)C1CC[C@@H](C)C[C@H]1OC(=O)[C@H]1/C(=C\C(=O)O[C@@H]2C[C@H](C)CC[C@H]2C(C)C)[C@H]2C=C[C@@H]1N2C(=O)OC(C)(C)C. The molecule has 1 unspecified atom stereocenters. The smallest absolute Gasteiger partial charge is 0.411 e. The maximum absolute atomic E-state index is 14.0. The monoisotopic (exact) mass is 571 g/mol. The highest BCUT2D eigenvalue weighted by molar-refractivity contribution is 5.89. The Kier molecular flexibility index (Phi) is 9.65. The van der Waals surface area contributed by atoms with Gasteiger partial charge in [0.2, 0.25) is 0 Å². The Morgan fingerprint density at radius 1 is 0.854 bits per heavy atom. The van der Waals surface area contributed by atoms with Gasteiger partial charge in [-0.3, -0.25) is 9.69 Å². The fourth-order valence-corrected chi connectivity index (χ4v) is 7.56. The van der Waals surface area contributed by atoms with Gasteiger partial charge in [-0.05, 0) is 87.5 Å². The molecule has 4 rings (SSSR count). The van der Waals surface area contributed by atoms with Crippen LogP contribution in [0.1, 0.15) is 101 Å². The van der Waals surface area contributed by atoms with Gasteiger partial charge in [0.25, 0.3) is 0 Å². The second-order valence-electron chi connectivity index (χ2n) is 14.9. The highest BCUT2D eigenvalue weighted by Crippen LogP contribution is 2.44. The van der Waals surface area contributed by atoms with Crippen LogP contribution in [-0.4, -0.2) is 52.8 Å². The molecule has 2 saturated carbocycles. The molecule has 2 bridgehead atoms. The lowest BCUT2D eigenvalue weighted by Crippen LogP contribution is -2.43. The Morgan fingerprint density at radius 2 is 1.39 bits per heavy atom. The van der Waals surface area contributed by atoms with Crippen molar-refractivity contribution in [2.24, 2.45) is 41.4 Å². The quantitative estimate of drug-likeness (QED) is 0.146. The minimum Gasteiger partial charge on any atom is -0.462 e. The zero-order valence-electron chi connectivity index (χ0n) is 26.7. The third kappa shape index (κ3) is 7.19. The van der Waals surface area contributed by atoms with E-state index in [1.165, 1.54) is 6.08 Å². The van der Waals surface area contributed by atoms with Crippen LogP contribution in [0, 0.1) is 41.4 Å². The van der Waals surface area contributed by atoms with E-state index in [2.05, 4.69) is 41.5 Å². The molecule has 7 nitrogen and oxygen atoms in total. The average Bonchev–Trinajstić information content (AvgIpc) is 3.39. The molecule has 230 valence electrons. The van der Waals surface area contributed by atoms with Crippen LogP contribution in [0.25, 0.3) is 0 Å². The minimum absolute atomic E-state index is 0.153. The lowest BCUT2D eigenvalue weighted by Gasteiger charge is -2.37. The van der Waals surface area contributed by atoms with Gasteiger partial charge in [-0.1, -0.05) is 66.5 Å². The highest BCUT2D eigenvalue weighted by Gasteiger charge is 2.54. The number of carbonyl (C=O) groups is 3. The van der Waals surface area contributed by atoms with E-state index in [9.17, 15) is 14.4 Å². The molecule has 3 fully saturated rings. The zero-order chi connectivity index (χ0) is 30.2. The topological polar surface area (TPSA) is 82.1 Å². The van der Waals surface area contributed by atoms with Crippen LogP contribution in [0.15, 0.2) is 23.8 Å². The number of hydrogen-bond acceptors (Lipinski definition) is 6. The van der Waals surface area contributed by atoms with Gasteiger partial charge in [0.05, 0.1) is 12.1 Å². The summed E-state index contributed by atoms with van der Waals surface area (Å²) >= 11 is 0. The van der Waals surface area contributed by atoms with E-state index in [-0.39, 0.29) is 18.2 Å². The molecule has 2 heterocycles. The zero-order valence-corrected chi connectivity index (χ0v) is 26.7. The molecule has 0 spiro atoms. The standard InChI is InChI=1S/C34H53NO6/c1-19(2)23-12-10-21(5)16-28(23)39-30(36)18-25-26-14-15-27(35(26)33(38)41-34(7,8)9)31(25)32(37)40-29-17-22(6)11-13-24(29)20(3)4/h14-15,18-24,26-29,31H,10-13,16-17H2,1-9H3/b25-18-/t21-,22-,23+,24?,26-,27+,28-,29-,31+/m1/s1. The maximum atomic E-state index is 14.0. The number of rotatable bonds is 6. The van der Waals surface area contributed by atoms with Crippen molar-refractivity contribution in [2.45, 2.75) is 131 Å². The molecule has 0 aromatic rings. The van der Waals surface area contributed by atoms with Crippen LogP contribution in [0.5, 0.6) is 0 Å². The van der Waals surface area contributed by atoms with Crippen molar-refractivity contribution in [3.63, 3.8) is 0 Å². The first-order valence-electron chi connectivity index (χ1n) is 16.0. The van der Waals surface area contributed by atoms with Crippen LogP contribution in [0.2, 0.25) is 0 Å². The van der Waals surface area contributed by atoms with Crippen molar-refractivity contribution in [1.29, 1.82) is 0 Å². The second-order valence-corrected chi connectivity index (χ2v) is 14.9. The highest BCUT2D eigenvalue weighted by atomic mass is 16.6. The summed E-state index contributed by atoms with van der Waals surface area (Å²) in [4.78, 5) is 42.3. The molecule has 0 aromatic carbocycles. The van der Waals surface area contributed by atoms with Crippen molar-refractivity contribution in [3.8, 4) is 0 Å². The Morgan fingerprint density at radius 3 is 1.90 bits per heavy atom. The summed E-state index contributed by atoms with van der Waals surface area (Å²) in [7, 11) is 0. The molecule has 9 atom stereocenters. The van der Waals surface area contributed by atoms with Gasteiger partial charge in [0, 0.05) is 6.08 Å². The summed E-state index contributed by atoms with van der Waals surface area (Å²) in [6, 6.07) is -1.10. The number of amides is 1. The van der Waals surface area contributed by atoms with Crippen molar-refractivity contribution >= 4 is 18.0 Å². The lowest BCUT2D eigenvalue weighted by atomic mass is 9.75. The predicted octanol–water partition coefficient (Wildman–Crippen LogP) is 7.09. The number of carbonyl (C=O) groups excluding carboxylic acids is 3. The van der Waals surface area contributed by atoms with Crippen LogP contribution >= 0.6 is 0 Å². The Labute approximate surface area is 247 Å². The third-order valence-electron chi connectivity index (χ3n) is 9.75. The number of hydrogen-bond donors (Lipinski definition) is 0. The summed E-state index contributed by atoms with van der Waals surface area (Å²) in [5.74, 6) is 0.825. The maximum Gasteiger partial charge on any atom is 0.411 e. The minimum atomic E-state index is -0.763. The molecule has 2 aliphatic heterocycles. The molecule has 0 N–H and O–H groups in total. The molecule has 2 aliphatic carbocycles. The molecule has 0 aromatic heterocycles. The normalized spacial score (nSPS) is 36.2. The predicted molar refractivity (Wildman–Crippen MR) is 159 cm³/mol. The molecular weight excluding hydrogens is 518 g/mol. The molecule has 7 heteroatoms. The molecule has 0 radical (unpaired) electrons. The van der Waals surface area contributed by atoms with Gasteiger partial charge in [-0.2, -0.15) is 0 Å². The molecule has 1 saturated heterocycles. The van der Waals surface area contributed by atoms with Crippen molar-refractivity contribution in [3.05, 3.63) is 23.8 Å². The summed E-state index contributed by atoms with van der Waals surface area (Å²) < 4.78 is 18.1.